The van der Waals surface area contributed by atoms with Crippen molar-refractivity contribution in [1.29, 1.82) is 0 Å². The van der Waals surface area contributed by atoms with E-state index in [-0.39, 0.29) is 24.3 Å². The van der Waals surface area contributed by atoms with Gasteiger partial charge in [-0.3, -0.25) is 9.59 Å². The molecular formula is C15H23N3O2. The summed E-state index contributed by atoms with van der Waals surface area (Å²) in [6, 6.07) is 5.17. The van der Waals surface area contributed by atoms with Crippen molar-refractivity contribution in [3.05, 3.63) is 29.3 Å². The van der Waals surface area contributed by atoms with Crippen LogP contribution in [0.15, 0.2) is 18.2 Å². The fourth-order valence-electron chi connectivity index (χ4n) is 1.74. The van der Waals surface area contributed by atoms with Crippen LogP contribution in [0, 0.1) is 19.8 Å². The van der Waals surface area contributed by atoms with Crippen molar-refractivity contribution in [1.82, 2.24) is 5.32 Å². The first-order valence-corrected chi connectivity index (χ1v) is 6.71. The predicted molar refractivity (Wildman–Crippen MR) is 80.4 cm³/mol. The van der Waals surface area contributed by atoms with Gasteiger partial charge >= 0.3 is 0 Å². The molecule has 1 atom stereocenters. The molecule has 0 aromatic heterocycles. The Balaban J connectivity index is 2.50. The smallest absolute Gasteiger partial charge is 0.243 e. The van der Waals surface area contributed by atoms with Gasteiger partial charge in [-0.05, 0) is 31.4 Å². The quantitative estimate of drug-likeness (QED) is 0.759. The Morgan fingerprint density at radius 2 is 1.90 bits per heavy atom. The van der Waals surface area contributed by atoms with Gasteiger partial charge in [0.2, 0.25) is 11.8 Å². The molecular weight excluding hydrogens is 254 g/mol. The molecule has 0 saturated heterocycles. The number of hydrogen-bond donors (Lipinski definition) is 3. The Morgan fingerprint density at radius 1 is 1.25 bits per heavy atom. The molecule has 5 nitrogen and oxygen atoms in total. The van der Waals surface area contributed by atoms with Gasteiger partial charge in [0.25, 0.3) is 0 Å². The van der Waals surface area contributed by atoms with Gasteiger partial charge in [-0.2, -0.15) is 0 Å². The number of amides is 2. The van der Waals surface area contributed by atoms with Crippen LogP contribution in [0.5, 0.6) is 0 Å². The van der Waals surface area contributed by atoms with E-state index >= 15 is 0 Å². The zero-order chi connectivity index (χ0) is 15.3. The van der Waals surface area contributed by atoms with Gasteiger partial charge in [-0.1, -0.05) is 31.5 Å². The van der Waals surface area contributed by atoms with Crippen molar-refractivity contribution in [2.75, 3.05) is 11.9 Å². The minimum atomic E-state index is -0.594. The van der Waals surface area contributed by atoms with Gasteiger partial charge in [0.05, 0.1) is 12.6 Å². The molecule has 0 heterocycles. The summed E-state index contributed by atoms with van der Waals surface area (Å²) in [5, 5.41) is 5.31. The molecule has 0 aliphatic rings. The molecule has 0 bridgehead atoms. The maximum atomic E-state index is 11.8. The molecule has 0 saturated carbocycles. The highest BCUT2D eigenvalue weighted by molar-refractivity contribution is 5.95. The van der Waals surface area contributed by atoms with E-state index in [0.717, 1.165) is 16.8 Å². The minimum absolute atomic E-state index is 0.0393. The molecule has 20 heavy (non-hydrogen) atoms. The first kappa shape index (κ1) is 16.2. The van der Waals surface area contributed by atoms with Crippen molar-refractivity contribution < 1.29 is 9.59 Å². The molecule has 0 radical (unpaired) electrons. The fourth-order valence-corrected chi connectivity index (χ4v) is 1.74. The first-order chi connectivity index (χ1) is 9.31. The summed E-state index contributed by atoms with van der Waals surface area (Å²) in [7, 11) is 0. The zero-order valence-electron chi connectivity index (χ0n) is 12.5. The number of nitrogens with one attached hydrogen (secondary N) is 2. The van der Waals surface area contributed by atoms with E-state index in [4.69, 9.17) is 5.73 Å². The van der Waals surface area contributed by atoms with Crippen LogP contribution < -0.4 is 16.4 Å². The third-order valence-corrected chi connectivity index (χ3v) is 3.10. The number of hydrogen-bond acceptors (Lipinski definition) is 3. The van der Waals surface area contributed by atoms with E-state index in [1.54, 1.807) is 0 Å². The summed E-state index contributed by atoms with van der Waals surface area (Å²) in [6.07, 6.45) is 0. The maximum Gasteiger partial charge on any atom is 0.243 e. The highest BCUT2D eigenvalue weighted by Gasteiger charge is 2.17. The lowest BCUT2D eigenvalue weighted by Gasteiger charge is -2.15. The molecule has 0 aliphatic carbocycles. The molecule has 4 N–H and O–H groups in total. The van der Waals surface area contributed by atoms with E-state index < -0.39 is 6.04 Å². The standard InChI is InChI=1S/C15H23N3O2/c1-9(2)14(16)15(20)17-8-13(19)18-12-6-5-10(3)7-11(12)4/h5-7,9,14H,8,16H2,1-4H3,(H,17,20)(H,18,19)/t14-/m0/s1. The second-order valence-electron chi connectivity index (χ2n) is 5.35. The number of benzene rings is 1. The molecule has 0 unspecified atom stereocenters. The SMILES string of the molecule is Cc1ccc(NC(=O)CNC(=O)[C@@H](N)C(C)C)c(C)c1. The third-order valence-electron chi connectivity index (χ3n) is 3.10. The van der Waals surface area contributed by atoms with Crippen LogP contribution in [0.2, 0.25) is 0 Å². The Morgan fingerprint density at radius 3 is 2.45 bits per heavy atom. The Hall–Kier alpha value is -1.88. The van der Waals surface area contributed by atoms with Crippen LogP contribution in [0.3, 0.4) is 0 Å². The van der Waals surface area contributed by atoms with Crippen molar-refractivity contribution in [2.45, 2.75) is 33.7 Å². The molecule has 0 aliphatic heterocycles. The second kappa shape index (κ2) is 7.05. The lowest BCUT2D eigenvalue weighted by atomic mass is 10.1. The molecule has 0 fully saturated rings. The zero-order valence-corrected chi connectivity index (χ0v) is 12.5. The molecule has 5 heteroatoms. The summed E-state index contributed by atoms with van der Waals surface area (Å²) in [5.41, 5.74) is 8.57. The van der Waals surface area contributed by atoms with E-state index in [0.29, 0.717) is 0 Å². The van der Waals surface area contributed by atoms with Gasteiger partial charge in [0.15, 0.2) is 0 Å². The van der Waals surface area contributed by atoms with Gasteiger partial charge < -0.3 is 16.4 Å². The number of rotatable bonds is 5. The predicted octanol–water partition coefficient (Wildman–Crippen LogP) is 1.34. The molecule has 2 amide bonds. The number of aryl methyl sites for hydroxylation is 2. The number of carbonyl (C=O) groups excluding carboxylic acids is 2. The van der Waals surface area contributed by atoms with Crippen LogP contribution in [0.1, 0.15) is 25.0 Å². The van der Waals surface area contributed by atoms with Gasteiger partial charge in [0.1, 0.15) is 0 Å². The van der Waals surface area contributed by atoms with E-state index in [9.17, 15) is 9.59 Å². The number of nitrogens with two attached hydrogens (primary N) is 1. The molecule has 1 aromatic carbocycles. The summed E-state index contributed by atoms with van der Waals surface area (Å²) in [5.74, 6) is -0.533. The van der Waals surface area contributed by atoms with Crippen LogP contribution in [-0.4, -0.2) is 24.4 Å². The molecule has 1 aromatic rings. The van der Waals surface area contributed by atoms with Gasteiger partial charge in [-0.25, -0.2) is 0 Å². The average Bonchev–Trinajstić information content (AvgIpc) is 2.38. The summed E-state index contributed by atoms with van der Waals surface area (Å²) < 4.78 is 0. The van der Waals surface area contributed by atoms with Crippen molar-refractivity contribution >= 4 is 17.5 Å². The topological polar surface area (TPSA) is 84.2 Å². The second-order valence-corrected chi connectivity index (χ2v) is 5.35. The van der Waals surface area contributed by atoms with Gasteiger partial charge in [-0.15, -0.1) is 0 Å². The maximum absolute atomic E-state index is 11.8. The normalized spacial score (nSPS) is 12.1. The third kappa shape index (κ3) is 4.66. The van der Waals surface area contributed by atoms with E-state index in [2.05, 4.69) is 10.6 Å². The Labute approximate surface area is 119 Å². The highest BCUT2D eigenvalue weighted by Crippen LogP contribution is 2.15. The minimum Gasteiger partial charge on any atom is -0.346 e. The first-order valence-electron chi connectivity index (χ1n) is 6.71. The van der Waals surface area contributed by atoms with Crippen molar-refractivity contribution in [3.8, 4) is 0 Å². The fraction of sp³-hybridized carbons (Fsp3) is 0.467. The summed E-state index contributed by atoms with van der Waals surface area (Å²) in [4.78, 5) is 23.4. The number of anilines is 1. The highest BCUT2D eigenvalue weighted by atomic mass is 16.2. The molecule has 0 spiro atoms. The average molecular weight is 277 g/mol. The lowest BCUT2D eigenvalue weighted by Crippen LogP contribution is -2.46. The Bertz CT molecular complexity index is 498. The van der Waals surface area contributed by atoms with E-state index in [1.807, 2.05) is 45.9 Å². The van der Waals surface area contributed by atoms with Crippen LogP contribution in [0.25, 0.3) is 0 Å². The van der Waals surface area contributed by atoms with Gasteiger partial charge in [0, 0.05) is 5.69 Å². The van der Waals surface area contributed by atoms with Crippen LogP contribution in [0.4, 0.5) is 5.69 Å². The largest absolute Gasteiger partial charge is 0.346 e. The van der Waals surface area contributed by atoms with Crippen molar-refractivity contribution in [2.24, 2.45) is 11.7 Å². The van der Waals surface area contributed by atoms with Crippen LogP contribution >= 0.6 is 0 Å². The van der Waals surface area contributed by atoms with E-state index in [1.165, 1.54) is 0 Å². The molecule has 1 rings (SSSR count). The monoisotopic (exact) mass is 277 g/mol. The summed E-state index contributed by atoms with van der Waals surface area (Å²) >= 11 is 0. The Kier molecular flexibility index (Phi) is 5.70. The summed E-state index contributed by atoms with van der Waals surface area (Å²) in [6.45, 7) is 7.56. The van der Waals surface area contributed by atoms with Crippen molar-refractivity contribution in [3.63, 3.8) is 0 Å². The molecule has 110 valence electrons. The number of carbonyl (C=O) groups is 2. The van der Waals surface area contributed by atoms with Crippen LogP contribution in [-0.2, 0) is 9.59 Å². The lowest BCUT2D eigenvalue weighted by molar-refractivity contribution is -0.125.